The lowest BCUT2D eigenvalue weighted by Gasteiger charge is -2.08. The van der Waals surface area contributed by atoms with Gasteiger partial charge in [0.05, 0.1) is 0 Å². The van der Waals surface area contributed by atoms with E-state index < -0.39 is 11.6 Å². The minimum atomic E-state index is -0.395. The van der Waals surface area contributed by atoms with Gasteiger partial charge in [-0.25, -0.2) is 8.78 Å². The van der Waals surface area contributed by atoms with E-state index in [9.17, 15) is 8.78 Å². The molecule has 0 radical (unpaired) electrons. The number of unbranched alkanes of at least 4 members (excludes halogenated alkanes) is 2. The lowest BCUT2D eigenvalue weighted by molar-refractivity contribution is 0.548. The highest BCUT2D eigenvalue weighted by Gasteiger charge is 2.10. The largest absolute Gasteiger partial charge is 0.207 e. The van der Waals surface area contributed by atoms with Gasteiger partial charge in [-0.15, -0.1) is 0 Å². The first-order valence-corrected chi connectivity index (χ1v) is 9.86. The first-order valence-electron chi connectivity index (χ1n) is 9.86. The molecule has 0 nitrogen and oxygen atoms in total. The number of hydrogen-bond donors (Lipinski definition) is 0. The molecule has 0 atom stereocenters. The fourth-order valence-electron chi connectivity index (χ4n) is 3.13. The van der Waals surface area contributed by atoms with Crippen LogP contribution in [0.4, 0.5) is 8.78 Å². The Labute approximate surface area is 157 Å². The monoisotopic (exact) mass is 356 g/mol. The molecule has 0 aromatic heterocycles. The molecule has 2 aromatic rings. The van der Waals surface area contributed by atoms with Crippen molar-refractivity contribution in [3.63, 3.8) is 0 Å². The van der Waals surface area contributed by atoms with Gasteiger partial charge in [0.25, 0.3) is 0 Å². The second kappa shape index (κ2) is 10.9. The summed E-state index contributed by atoms with van der Waals surface area (Å²) in [6, 6.07) is 11.7. The maximum Gasteiger partial charge on any atom is 0.129 e. The second-order valence-electron chi connectivity index (χ2n) is 6.93. The minimum absolute atomic E-state index is 0.226. The van der Waals surface area contributed by atoms with E-state index in [-0.39, 0.29) is 5.56 Å². The highest BCUT2D eigenvalue weighted by atomic mass is 19.1. The molecular weight excluding hydrogens is 326 g/mol. The summed E-state index contributed by atoms with van der Waals surface area (Å²) in [7, 11) is 0. The Morgan fingerprint density at radius 3 is 1.96 bits per heavy atom. The molecule has 0 aliphatic carbocycles. The van der Waals surface area contributed by atoms with Crippen molar-refractivity contribution >= 4 is 6.08 Å². The van der Waals surface area contributed by atoms with E-state index in [0.29, 0.717) is 6.42 Å². The van der Waals surface area contributed by atoms with Crippen molar-refractivity contribution in [3.8, 4) is 0 Å². The van der Waals surface area contributed by atoms with Gasteiger partial charge in [0.2, 0.25) is 0 Å². The molecule has 0 N–H and O–H groups in total. The van der Waals surface area contributed by atoms with Gasteiger partial charge in [-0.2, -0.15) is 0 Å². The first kappa shape index (κ1) is 20.4. The summed E-state index contributed by atoms with van der Waals surface area (Å²) in [5.41, 5.74) is 3.54. The van der Waals surface area contributed by atoms with Crippen molar-refractivity contribution in [2.45, 2.75) is 65.2 Å². The maximum atomic E-state index is 14.0. The summed E-state index contributed by atoms with van der Waals surface area (Å²) in [4.78, 5) is 0. The molecule has 0 saturated heterocycles. The minimum Gasteiger partial charge on any atom is -0.207 e. The van der Waals surface area contributed by atoms with Crippen LogP contribution in [-0.4, -0.2) is 0 Å². The van der Waals surface area contributed by atoms with Crippen molar-refractivity contribution in [2.24, 2.45) is 0 Å². The molecule has 0 fully saturated rings. The van der Waals surface area contributed by atoms with Crippen LogP contribution in [0.15, 0.2) is 42.5 Å². The van der Waals surface area contributed by atoms with Crippen molar-refractivity contribution < 1.29 is 8.78 Å². The first-order chi connectivity index (χ1) is 12.6. The van der Waals surface area contributed by atoms with E-state index in [1.54, 1.807) is 0 Å². The van der Waals surface area contributed by atoms with Crippen LogP contribution in [0.5, 0.6) is 0 Å². The van der Waals surface area contributed by atoms with Crippen LogP contribution >= 0.6 is 0 Å². The highest BCUT2D eigenvalue weighted by molar-refractivity contribution is 5.49. The van der Waals surface area contributed by atoms with Gasteiger partial charge in [-0.05, 0) is 67.3 Å². The van der Waals surface area contributed by atoms with Gasteiger partial charge in [-0.3, -0.25) is 0 Å². The van der Waals surface area contributed by atoms with Gasteiger partial charge in [0.15, 0.2) is 0 Å². The van der Waals surface area contributed by atoms with Crippen molar-refractivity contribution in [2.75, 3.05) is 0 Å². The Kier molecular flexibility index (Phi) is 8.53. The number of rotatable bonds is 10. The van der Waals surface area contributed by atoms with E-state index >= 15 is 0 Å². The summed E-state index contributed by atoms with van der Waals surface area (Å²) < 4.78 is 28.0. The smallest absolute Gasteiger partial charge is 0.129 e. The van der Waals surface area contributed by atoms with Crippen molar-refractivity contribution in [3.05, 3.63) is 76.4 Å². The quantitative estimate of drug-likeness (QED) is 0.392. The van der Waals surface area contributed by atoms with Gasteiger partial charge in [0, 0.05) is 5.56 Å². The number of benzene rings is 2. The topological polar surface area (TPSA) is 0 Å². The molecule has 0 bridgehead atoms. The van der Waals surface area contributed by atoms with Gasteiger partial charge in [0.1, 0.15) is 11.6 Å². The predicted octanol–water partition coefficient (Wildman–Crippen LogP) is 7.30. The summed E-state index contributed by atoms with van der Waals surface area (Å²) >= 11 is 0. The van der Waals surface area contributed by atoms with Crippen LogP contribution in [0.25, 0.3) is 6.08 Å². The lowest BCUT2D eigenvalue weighted by atomic mass is 10.0. The van der Waals surface area contributed by atoms with Crippen LogP contribution in [-0.2, 0) is 19.3 Å². The Balaban J connectivity index is 1.80. The summed E-state index contributed by atoms with van der Waals surface area (Å²) in [6.07, 6.45) is 11.5. The average molecular weight is 356 g/mol. The van der Waals surface area contributed by atoms with Crippen LogP contribution in [0.1, 0.15) is 68.2 Å². The fourth-order valence-corrected chi connectivity index (χ4v) is 3.13. The molecule has 0 amide bonds. The standard InChI is InChI=1S/C24H30F2/c1-3-5-6-10-19-13-15-20(16-14-19)11-7-8-12-21-17-23(25)22(9-4-2)24(26)18-21/h6,10,13-18H,3-5,7-9,11-12H2,1-2H3. The molecule has 0 saturated carbocycles. The van der Waals surface area contributed by atoms with Crippen LogP contribution in [0, 0.1) is 11.6 Å². The molecule has 2 aromatic carbocycles. The Hall–Kier alpha value is -1.96. The zero-order valence-corrected chi connectivity index (χ0v) is 16.0. The molecule has 2 rings (SSSR count). The third kappa shape index (κ3) is 6.40. The number of allylic oxidation sites excluding steroid dienone is 1. The normalized spacial score (nSPS) is 11.4. The Morgan fingerprint density at radius 1 is 0.769 bits per heavy atom. The summed E-state index contributed by atoms with van der Waals surface area (Å²) in [5, 5.41) is 0. The number of aryl methyl sites for hydroxylation is 2. The third-order valence-electron chi connectivity index (χ3n) is 4.63. The summed E-state index contributed by atoms with van der Waals surface area (Å²) in [5.74, 6) is -0.790. The van der Waals surface area contributed by atoms with Gasteiger partial charge in [-0.1, -0.05) is 63.1 Å². The van der Waals surface area contributed by atoms with Gasteiger partial charge < -0.3 is 0 Å². The molecular formula is C24H30F2. The molecule has 2 heteroatoms. The molecule has 0 unspecified atom stereocenters. The average Bonchev–Trinajstić information content (AvgIpc) is 2.63. The van der Waals surface area contributed by atoms with E-state index in [1.165, 1.54) is 29.7 Å². The maximum absolute atomic E-state index is 14.0. The van der Waals surface area contributed by atoms with E-state index in [4.69, 9.17) is 0 Å². The Bertz CT molecular complexity index is 676. The zero-order chi connectivity index (χ0) is 18.8. The number of halogens is 2. The molecule has 0 spiro atoms. The summed E-state index contributed by atoms with van der Waals surface area (Å²) in [6.45, 7) is 4.11. The molecule has 26 heavy (non-hydrogen) atoms. The Morgan fingerprint density at radius 2 is 1.38 bits per heavy atom. The predicted molar refractivity (Wildman–Crippen MR) is 107 cm³/mol. The lowest BCUT2D eigenvalue weighted by Crippen LogP contribution is -1.99. The molecule has 140 valence electrons. The molecule has 0 aliphatic rings. The highest BCUT2D eigenvalue weighted by Crippen LogP contribution is 2.19. The van der Waals surface area contributed by atoms with E-state index in [1.807, 2.05) is 6.92 Å². The fraction of sp³-hybridized carbons (Fsp3) is 0.417. The van der Waals surface area contributed by atoms with Crippen molar-refractivity contribution in [1.82, 2.24) is 0 Å². The van der Waals surface area contributed by atoms with E-state index in [2.05, 4.69) is 43.3 Å². The third-order valence-corrected chi connectivity index (χ3v) is 4.63. The zero-order valence-electron chi connectivity index (χ0n) is 16.0. The van der Waals surface area contributed by atoms with Crippen LogP contribution in [0.3, 0.4) is 0 Å². The molecule has 0 heterocycles. The SMILES string of the molecule is CCCC=Cc1ccc(CCCCc2cc(F)c(CCC)c(F)c2)cc1. The second-order valence-corrected chi connectivity index (χ2v) is 6.93. The molecule has 0 aliphatic heterocycles. The van der Waals surface area contributed by atoms with Crippen LogP contribution in [0.2, 0.25) is 0 Å². The number of hydrogen-bond acceptors (Lipinski definition) is 0. The van der Waals surface area contributed by atoms with E-state index in [0.717, 1.165) is 44.1 Å². The van der Waals surface area contributed by atoms with Crippen molar-refractivity contribution in [1.29, 1.82) is 0 Å². The van der Waals surface area contributed by atoms with Crippen LogP contribution < -0.4 is 0 Å². The van der Waals surface area contributed by atoms with Gasteiger partial charge >= 0.3 is 0 Å².